The molecular weight excluding hydrogens is 284 g/mol. The van der Waals surface area contributed by atoms with Crippen LogP contribution in [0.15, 0.2) is 9.27 Å². The Bertz CT molecular complexity index is 466. The van der Waals surface area contributed by atoms with Crippen molar-refractivity contribution in [1.29, 1.82) is 0 Å². The third-order valence-corrected chi connectivity index (χ3v) is 3.79. The summed E-state index contributed by atoms with van der Waals surface area (Å²) in [6.07, 6.45) is 2.22. The lowest BCUT2D eigenvalue weighted by atomic mass is 10.1. The van der Waals surface area contributed by atoms with Gasteiger partial charge in [-0.1, -0.05) is 13.8 Å². The quantitative estimate of drug-likeness (QED) is 0.930. The fraction of sp³-hybridized carbons (Fsp3) is 0.667. The van der Waals surface area contributed by atoms with E-state index in [2.05, 4.69) is 25.9 Å². The van der Waals surface area contributed by atoms with Gasteiger partial charge in [0.2, 0.25) is 0 Å². The molecule has 2 rings (SSSR count). The first kappa shape index (κ1) is 12.8. The smallest absolute Gasteiger partial charge is 0.265 e. The van der Waals surface area contributed by atoms with Crippen LogP contribution < -0.4 is 5.56 Å². The Kier molecular flexibility index (Phi) is 3.68. The van der Waals surface area contributed by atoms with Crippen LogP contribution in [0.3, 0.4) is 0 Å². The minimum atomic E-state index is -0.124. The molecule has 0 aromatic carbocycles. The van der Waals surface area contributed by atoms with E-state index in [9.17, 15) is 4.79 Å². The Balaban J connectivity index is 2.44. The van der Waals surface area contributed by atoms with Crippen molar-refractivity contribution < 1.29 is 4.74 Å². The Labute approximate surface area is 109 Å². The number of halogens is 1. The van der Waals surface area contributed by atoms with E-state index in [1.807, 2.05) is 13.8 Å². The number of methoxy groups -OCH3 is 1. The van der Waals surface area contributed by atoms with E-state index in [1.165, 1.54) is 0 Å². The largest absolute Gasteiger partial charge is 0.373 e. The third-order valence-electron chi connectivity index (χ3n) is 3.03. The van der Waals surface area contributed by atoms with Crippen molar-refractivity contribution >= 4 is 15.9 Å². The zero-order valence-electron chi connectivity index (χ0n) is 10.3. The Hall–Kier alpha value is -0.680. The first-order valence-corrected chi connectivity index (χ1v) is 6.66. The minimum absolute atomic E-state index is 0.0756. The number of rotatable bonds is 4. The summed E-state index contributed by atoms with van der Waals surface area (Å²) in [6, 6.07) is 0. The van der Waals surface area contributed by atoms with Crippen molar-refractivity contribution in [2.75, 3.05) is 7.11 Å². The highest BCUT2D eigenvalue weighted by molar-refractivity contribution is 9.10. The van der Waals surface area contributed by atoms with Crippen LogP contribution in [0.5, 0.6) is 0 Å². The monoisotopic (exact) mass is 300 g/mol. The van der Waals surface area contributed by atoms with Crippen molar-refractivity contribution in [3.8, 4) is 0 Å². The van der Waals surface area contributed by atoms with Gasteiger partial charge in [0.15, 0.2) is 0 Å². The number of aromatic amines is 1. The average molecular weight is 301 g/mol. The molecule has 0 spiro atoms. The molecule has 1 aromatic heterocycles. The zero-order chi connectivity index (χ0) is 12.6. The molecule has 4 nitrogen and oxygen atoms in total. The van der Waals surface area contributed by atoms with Gasteiger partial charge in [-0.25, -0.2) is 4.98 Å². The molecule has 1 aromatic rings. The molecule has 1 heterocycles. The molecule has 0 radical (unpaired) electrons. The van der Waals surface area contributed by atoms with Crippen LogP contribution in [0.4, 0.5) is 0 Å². The lowest BCUT2D eigenvalue weighted by Gasteiger charge is -2.16. The third kappa shape index (κ3) is 2.60. The summed E-state index contributed by atoms with van der Waals surface area (Å²) in [4.78, 5) is 19.2. The van der Waals surface area contributed by atoms with Crippen LogP contribution in [0.1, 0.15) is 50.2 Å². The SMILES string of the molecule is COC(c1nc(C(C)C)c(Br)c(=O)[nH]1)C1CC1. The van der Waals surface area contributed by atoms with Gasteiger partial charge in [0.1, 0.15) is 16.4 Å². The van der Waals surface area contributed by atoms with Crippen molar-refractivity contribution in [3.63, 3.8) is 0 Å². The van der Waals surface area contributed by atoms with Gasteiger partial charge >= 0.3 is 0 Å². The number of nitrogens with one attached hydrogen (secondary N) is 1. The fourth-order valence-electron chi connectivity index (χ4n) is 1.94. The van der Waals surface area contributed by atoms with Gasteiger partial charge in [0.05, 0.1) is 5.69 Å². The van der Waals surface area contributed by atoms with Crippen LogP contribution in [0, 0.1) is 5.92 Å². The number of hydrogen-bond acceptors (Lipinski definition) is 3. The summed E-state index contributed by atoms with van der Waals surface area (Å²) < 4.78 is 5.97. The lowest BCUT2D eigenvalue weighted by molar-refractivity contribution is 0.0767. The molecule has 1 saturated carbocycles. The summed E-state index contributed by atoms with van der Waals surface area (Å²) in [5, 5.41) is 0. The molecule has 0 bridgehead atoms. The van der Waals surface area contributed by atoms with E-state index in [1.54, 1.807) is 7.11 Å². The topological polar surface area (TPSA) is 55.0 Å². The van der Waals surface area contributed by atoms with Crippen molar-refractivity contribution in [3.05, 3.63) is 26.3 Å². The first-order chi connectivity index (χ1) is 8.04. The van der Waals surface area contributed by atoms with Crippen molar-refractivity contribution in [1.82, 2.24) is 9.97 Å². The maximum Gasteiger partial charge on any atom is 0.265 e. The summed E-state index contributed by atoms with van der Waals surface area (Å²) in [7, 11) is 1.67. The first-order valence-electron chi connectivity index (χ1n) is 5.87. The highest BCUT2D eigenvalue weighted by atomic mass is 79.9. The Morgan fingerprint density at radius 3 is 2.59 bits per heavy atom. The van der Waals surface area contributed by atoms with Crippen LogP contribution >= 0.6 is 15.9 Å². The molecule has 1 unspecified atom stereocenters. The highest BCUT2D eigenvalue weighted by Crippen LogP contribution is 2.41. The minimum Gasteiger partial charge on any atom is -0.373 e. The molecule has 5 heteroatoms. The normalized spacial score (nSPS) is 17.5. The highest BCUT2D eigenvalue weighted by Gasteiger charge is 2.34. The molecule has 1 aliphatic carbocycles. The molecular formula is C12H17BrN2O2. The summed E-state index contributed by atoms with van der Waals surface area (Å²) >= 11 is 3.29. The number of ether oxygens (including phenoxy) is 1. The van der Waals surface area contributed by atoms with Crippen molar-refractivity contribution in [2.24, 2.45) is 5.92 Å². The molecule has 94 valence electrons. The van der Waals surface area contributed by atoms with Crippen LogP contribution in [-0.4, -0.2) is 17.1 Å². The number of H-pyrrole nitrogens is 1. The predicted molar refractivity (Wildman–Crippen MR) is 69.1 cm³/mol. The maximum atomic E-state index is 11.8. The van der Waals surface area contributed by atoms with E-state index < -0.39 is 0 Å². The molecule has 1 aliphatic rings. The molecule has 1 fully saturated rings. The number of hydrogen-bond donors (Lipinski definition) is 1. The second kappa shape index (κ2) is 4.90. The second-order valence-electron chi connectivity index (χ2n) is 4.80. The van der Waals surface area contributed by atoms with E-state index in [4.69, 9.17) is 4.74 Å². The lowest BCUT2D eigenvalue weighted by Crippen LogP contribution is -2.20. The summed E-state index contributed by atoms with van der Waals surface area (Å²) in [5.41, 5.74) is 0.674. The standard InChI is InChI=1S/C12H17BrN2O2/c1-6(2)9-8(13)12(16)15-11(14-9)10(17-3)7-4-5-7/h6-7,10H,4-5H2,1-3H3,(H,14,15,16). The predicted octanol–water partition coefficient (Wildman–Crippen LogP) is 2.75. The average Bonchev–Trinajstić information content (AvgIpc) is 3.07. The zero-order valence-corrected chi connectivity index (χ0v) is 11.9. The van der Waals surface area contributed by atoms with Crippen LogP contribution in [0.2, 0.25) is 0 Å². The van der Waals surface area contributed by atoms with Crippen molar-refractivity contribution in [2.45, 2.75) is 38.7 Å². The number of aromatic nitrogens is 2. The van der Waals surface area contributed by atoms with Gasteiger partial charge < -0.3 is 9.72 Å². The molecule has 1 atom stereocenters. The molecule has 0 amide bonds. The van der Waals surface area contributed by atoms with Gasteiger partial charge in [-0.05, 0) is 40.6 Å². The fourth-order valence-corrected chi connectivity index (χ4v) is 2.58. The van der Waals surface area contributed by atoms with Crippen LogP contribution in [-0.2, 0) is 4.74 Å². The van der Waals surface area contributed by atoms with Gasteiger partial charge in [-0.3, -0.25) is 4.79 Å². The maximum absolute atomic E-state index is 11.8. The van der Waals surface area contributed by atoms with E-state index in [-0.39, 0.29) is 17.6 Å². The summed E-state index contributed by atoms with van der Waals surface area (Å²) in [6.45, 7) is 4.05. The Morgan fingerprint density at radius 1 is 1.47 bits per heavy atom. The van der Waals surface area contributed by atoms with E-state index in [0.717, 1.165) is 18.5 Å². The summed E-state index contributed by atoms with van der Waals surface area (Å²) in [5.74, 6) is 1.37. The molecule has 0 aliphatic heterocycles. The Morgan fingerprint density at radius 2 is 2.12 bits per heavy atom. The van der Waals surface area contributed by atoms with Gasteiger partial charge in [0, 0.05) is 7.11 Å². The van der Waals surface area contributed by atoms with E-state index >= 15 is 0 Å². The van der Waals surface area contributed by atoms with E-state index in [0.29, 0.717) is 16.2 Å². The molecule has 17 heavy (non-hydrogen) atoms. The number of nitrogens with zero attached hydrogens (tertiary/aromatic N) is 1. The van der Waals surface area contributed by atoms with Crippen LogP contribution in [0.25, 0.3) is 0 Å². The van der Waals surface area contributed by atoms with Gasteiger partial charge in [-0.15, -0.1) is 0 Å². The van der Waals surface area contributed by atoms with Gasteiger partial charge in [-0.2, -0.15) is 0 Å². The molecule has 0 saturated heterocycles. The van der Waals surface area contributed by atoms with Gasteiger partial charge in [0.25, 0.3) is 5.56 Å². The second-order valence-corrected chi connectivity index (χ2v) is 5.59. The molecule has 1 N–H and O–H groups in total.